The lowest BCUT2D eigenvalue weighted by Gasteiger charge is -2.09. The van der Waals surface area contributed by atoms with E-state index in [1.165, 1.54) is 17.4 Å². The van der Waals surface area contributed by atoms with Crippen LogP contribution in [0.1, 0.15) is 32.1 Å². The van der Waals surface area contributed by atoms with Gasteiger partial charge in [-0.1, -0.05) is 12.1 Å². The summed E-state index contributed by atoms with van der Waals surface area (Å²) in [5, 5.41) is 5.53. The Morgan fingerprint density at radius 2 is 2.04 bits per heavy atom. The van der Waals surface area contributed by atoms with E-state index in [4.69, 9.17) is 9.15 Å². The molecule has 142 valence electrons. The SMILES string of the molecule is Cc1ccc2c(COC(=O)c3sc(-c4ccsc4)nc3C)cc(=O)oc2c1C. The van der Waals surface area contributed by atoms with E-state index in [1.807, 2.05) is 42.8 Å². The van der Waals surface area contributed by atoms with Crippen molar-refractivity contribution in [3.63, 3.8) is 0 Å². The summed E-state index contributed by atoms with van der Waals surface area (Å²) in [5.74, 6) is -0.443. The van der Waals surface area contributed by atoms with Crippen molar-refractivity contribution in [1.82, 2.24) is 4.98 Å². The van der Waals surface area contributed by atoms with Gasteiger partial charge in [-0.05, 0) is 43.3 Å². The summed E-state index contributed by atoms with van der Waals surface area (Å²) in [5.41, 5.74) is 4.28. The van der Waals surface area contributed by atoms with Crippen molar-refractivity contribution in [2.24, 2.45) is 0 Å². The molecule has 0 atom stereocenters. The van der Waals surface area contributed by atoms with E-state index in [2.05, 4.69) is 4.98 Å². The summed E-state index contributed by atoms with van der Waals surface area (Å²) >= 11 is 2.89. The molecule has 3 aromatic heterocycles. The Labute approximate surface area is 169 Å². The molecule has 28 heavy (non-hydrogen) atoms. The number of carbonyl (C=O) groups excluding carboxylic acids is 1. The van der Waals surface area contributed by atoms with Crippen LogP contribution in [0, 0.1) is 20.8 Å². The molecule has 0 aliphatic heterocycles. The number of carbonyl (C=O) groups is 1. The normalized spacial score (nSPS) is 11.1. The molecule has 0 amide bonds. The van der Waals surface area contributed by atoms with Crippen LogP contribution in [0.4, 0.5) is 0 Å². The van der Waals surface area contributed by atoms with Gasteiger partial charge in [0.25, 0.3) is 0 Å². The zero-order chi connectivity index (χ0) is 19.8. The second-order valence-corrected chi connectivity index (χ2v) is 8.28. The minimum absolute atomic E-state index is 0.00540. The van der Waals surface area contributed by atoms with E-state index in [0.29, 0.717) is 21.7 Å². The molecule has 0 fully saturated rings. The van der Waals surface area contributed by atoms with Crippen LogP contribution in [0.15, 0.2) is 44.2 Å². The van der Waals surface area contributed by atoms with Crippen LogP contribution in [0.2, 0.25) is 0 Å². The third-order valence-electron chi connectivity index (χ3n) is 4.63. The topological polar surface area (TPSA) is 69.4 Å². The van der Waals surface area contributed by atoms with Crippen molar-refractivity contribution in [1.29, 1.82) is 0 Å². The number of aromatic nitrogens is 1. The van der Waals surface area contributed by atoms with Crippen LogP contribution < -0.4 is 5.63 Å². The summed E-state index contributed by atoms with van der Waals surface area (Å²) in [4.78, 5) is 29.5. The number of aryl methyl sites for hydroxylation is 3. The second-order valence-electron chi connectivity index (χ2n) is 6.50. The molecule has 0 radical (unpaired) electrons. The monoisotopic (exact) mass is 411 g/mol. The maximum absolute atomic E-state index is 12.6. The minimum Gasteiger partial charge on any atom is -0.457 e. The predicted molar refractivity (Wildman–Crippen MR) is 111 cm³/mol. The fourth-order valence-electron chi connectivity index (χ4n) is 2.95. The third kappa shape index (κ3) is 3.39. The number of nitrogens with zero attached hydrogens (tertiary/aromatic N) is 1. The Balaban J connectivity index is 1.61. The van der Waals surface area contributed by atoms with Crippen LogP contribution in [0.5, 0.6) is 0 Å². The molecular formula is C21H17NO4S2. The number of ether oxygens (including phenoxy) is 1. The Morgan fingerprint density at radius 1 is 1.21 bits per heavy atom. The first kappa shape index (κ1) is 18.6. The average molecular weight is 412 g/mol. The summed E-state index contributed by atoms with van der Waals surface area (Å²) in [7, 11) is 0. The summed E-state index contributed by atoms with van der Waals surface area (Å²) < 4.78 is 10.9. The number of benzene rings is 1. The molecule has 4 aromatic rings. The lowest BCUT2D eigenvalue weighted by atomic mass is 10.0. The molecule has 5 nitrogen and oxygen atoms in total. The number of hydrogen-bond acceptors (Lipinski definition) is 7. The number of fused-ring (bicyclic) bond motifs is 1. The van der Waals surface area contributed by atoms with Gasteiger partial charge in [-0.3, -0.25) is 0 Å². The first-order valence-electron chi connectivity index (χ1n) is 8.64. The Hall–Kier alpha value is -2.77. The highest BCUT2D eigenvalue weighted by molar-refractivity contribution is 7.17. The summed E-state index contributed by atoms with van der Waals surface area (Å²) in [6, 6.07) is 7.19. The maximum atomic E-state index is 12.6. The van der Waals surface area contributed by atoms with Gasteiger partial charge in [0.15, 0.2) is 0 Å². The fraction of sp³-hybridized carbons (Fsp3) is 0.190. The van der Waals surface area contributed by atoms with Crippen molar-refractivity contribution >= 4 is 39.6 Å². The molecule has 0 N–H and O–H groups in total. The highest BCUT2D eigenvalue weighted by Gasteiger charge is 2.19. The molecule has 0 saturated carbocycles. The van der Waals surface area contributed by atoms with E-state index in [0.717, 1.165) is 27.1 Å². The quantitative estimate of drug-likeness (QED) is 0.338. The van der Waals surface area contributed by atoms with E-state index < -0.39 is 11.6 Å². The number of rotatable bonds is 4. The van der Waals surface area contributed by atoms with E-state index in [-0.39, 0.29) is 6.61 Å². The summed E-state index contributed by atoms with van der Waals surface area (Å²) in [6.07, 6.45) is 0. The highest BCUT2D eigenvalue weighted by Crippen LogP contribution is 2.30. The van der Waals surface area contributed by atoms with Gasteiger partial charge < -0.3 is 9.15 Å². The average Bonchev–Trinajstić information content (AvgIpc) is 3.32. The molecule has 0 bridgehead atoms. The smallest absolute Gasteiger partial charge is 0.350 e. The van der Waals surface area contributed by atoms with Crippen LogP contribution in [0.25, 0.3) is 21.5 Å². The zero-order valence-corrected chi connectivity index (χ0v) is 17.2. The summed E-state index contributed by atoms with van der Waals surface area (Å²) in [6.45, 7) is 5.65. The number of thiophene rings is 1. The van der Waals surface area contributed by atoms with E-state index in [1.54, 1.807) is 18.3 Å². The molecule has 3 heterocycles. The Bertz CT molecular complexity index is 1240. The minimum atomic E-state index is -0.457. The molecular weight excluding hydrogens is 394 g/mol. The van der Waals surface area contributed by atoms with Crippen molar-refractivity contribution in [3.05, 3.63) is 72.7 Å². The number of hydrogen-bond donors (Lipinski definition) is 0. The lowest BCUT2D eigenvalue weighted by Crippen LogP contribution is -2.08. The largest absolute Gasteiger partial charge is 0.457 e. The molecule has 7 heteroatoms. The molecule has 0 saturated heterocycles. The standard InChI is InChI=1S/C21H17NO4S2/c1-11-4-5-16-15(8-17(23)26-18(16)12(11)2)9-25-21(24)19-13(3)22-20(28-19)14-6-7-27-10-14/h4-8,10H,9H2,1-3H3. The van der Waals surface area contributed by atoms with Gasteiger partial charge in [-0.2, -0.15) is 11.3 Å². The highest BCUT2D eigenvalue weighted by atomic mass is 32.1. The number of thiazole rings is 1. The fourth-order valence-corrected chi connectivity index (χ4v) is 4.62. The van der Waals surface area contributed by atoms with Crippen LogP contribution in [-0.4, -0.2) is 11.0 Å². The van der Waals surface area contributed by atoms with Crippen LogP contribution >= 0.6 is 22.7 Å². The Kier molecular flexibility index (Phi) is 4.87. The molecule has 0 spiro atoms. The van der Waals surface area contributed by atoms with Gasteiger partial charge in [0.05, 0.1) is 5.69 Å². The van der Waals surface area contributed by atoms with Crippen molar-refractivity contribution in [2.45, 2.75) is 27.4 Å². The van der Waals surface area contributed by atoms with Gasteiger partial charge in [-0.15, -0.1) is 11.3 Å². The van der Waals surface area contributed by atoms with Crippen LogP contribution in [-0.2, 0) is 11.3 Å². The van der Waals surface area contributed by atoms with Crippen LogP contribution in [0.3, 0.4) is 0 Å². The van der Waals surface area contributed by atoms with Crippen molar-refractivity contribution in [2.75, 3.05) is 0 Å². The van der Waals surface area contributed by atoms with Crippen molar-refractivity contribution < 1.29 is 13.9 Å². The van der Waals surface area contributed by atoms with Crippen molar-refractivity contribution in [3.8, 4) is 10.6 Å². The molecule has 0 unspecified atom stereocenters. The first-order chi connectivity index (χ1) is 13.4. The van der Waals surface area contributed by atoms with E-state index in [9.17, 15) is 9.59 Å². The van der Waals surface area contributed by atoms with Gasteiger partial charge in [0.1, 0.15) is 22.1 Å². The van der Waals surface area contributed by atoms with Gasteiger partial charge >= 0.3 is 11.6 Å². The molecule has 4 rings (SSSR count). The predicted octanol–water partition coefficient (Wildman–Crippen LogP) is 5.26. The molecule has 0 aliphatic carbocycles. The van der Waals surface area contributed by atoms with Gasteiger partial charge in [0, 0.05) is 28.0 Å². The lowest BCUT2D eigenvalue weighted by molar-refractivity contribution is 0.0478. The first-order valence-corrected chi connectivity index (χ1v) is 10.4. The maximum Gasteiger partial charge on any atom is 0.350 e. The van der Waals surface area contributed by atoms with E-state index >= 15 is 0 Å². The second kappa shape index (κ2) is 7.33. The number of esters is 1. The van der Waals surface area contributed by atoms with Gasteiger partial charge in [-0.25, -0.2) is 14.6 Å². The third-order valence-corrected chi connectivity index (χ3v) is 6.50. The molecule has 1 aromatic carbocycles. The Morgan fingerprint density at radius 3 is 2.79 bits per heavy atom. The van der Waals surface area contributed by atoms with Gasteiger partial charge in [0.2, 0.25) is 0 Å². The zero-order valence-electron chi connectivity index (χ0n) is 15.6. The molecule has 0 aliphatic rings.